The second-order valence-electron chi connectivity index (χ2n) is 7.59. The van der Waals surface area contributed by atoms with E-state index >= 15 is 0 Å². The smallest absolute Gasteiger partial charge is 0.320 e. The van der Waals surface area contributed by atoms with Gasteiger partial charge >= 0.3 is 5.69 Å². The summed E-state index contributed by atoms with van der Waals surface area (Å²) in [5, 5.41) is 0.580. The van der Waals surface area contributed by atoms with Crippen molar-refractivity contribution < 1.29 is 4.39 Å². The maximum absolute atomic E-state index is 13.9. The molecular weight excluding hydrogens is 407 g/mol. The molecule has 0 unspecified atom stereocenters. The largest absolute Gasteiger partial charge is 0.337 e. The molecule has 2 heterocycles. The summed E-state index contributed by atoms with van der Waals surface area (Å²) in [5.74, 6) is -0.156. The molecule has 1 saturated carbocycles. The van der Waals surface area contributed by atoms with E-state index in [4.69, 9.17) is 11.6 Å². The first-order chi connectivity index (χ1) is 14.5. The molecule has 2 aromatic heterocycles. The molecule has 0 bridgehead atoms. The molecular formula is C22H18ClFN4O2. The van der Waals surface area contributed by atoms with Crippen molar-refractivity contribution in [1.82, 2.24) is 18.7 Å². The predicted molar refractivity (Wildman–Crippen MR) is 113 cm³/mol. The first kappa shape index (κ1) is 18.8. The molecule has 0 atom stereocenters. The number of rotatable bonds is 5. The molecule has 152 valence electrons. The molecule has 0 N–H and O–H groups in total. The number of aromatic nitrogens is 4. The van der Waals surface area contributed by atoms with Crippen LogP contribution >= 0.6 is 11.6 Å². The van der Waals surface area contributed by atoms with Crippen molar-refractivity contribution in [2.75, 3.05) is 0 Å². The lowest BCUT2D eigenvalue weighted by atomic mass is 10.2. The van der Waals surface area contributed by atoms with Crippen LogP contribution in [0.3, 0.4) is 0 Å². The van der Waals surface area contributed by atoms with Gasteiger partial charge in [-0.3, -0.25) is 9.36 Å². The maximum atomic E-state index is 13.9. The van der Waals surface area contributed by atoms with Crippen molar-refractivity contribution in [3.8, 4) is 5.69 Å². The van der Waals surface area contributed by atoms with Crippen molar-refractivity contribution in [3.63, 3.8) is 0 Å². The zero-order chi connectivity index (χ0) is 20.8. The van der Waals surface area contributed by atoms with Crippen molar-refractivity contribution in [3.05, 3.63) is 92.1 Å². The van der Waals surface area contributed by atoms with E-state index in [0.29, 0.717) is 35.2 Å². The predicted octanol–water partition coefficient (Wildman–Crippen LogP) is 3.60. The summed E-state index contributed by atoms with van der Waals surface area (Å²) in [6, 6.07) is 13.1. The molecule has 1 aliphatic rings. The third-order valence-electron chi connectivity index (χ3n) is 5.40. The Labute approximate surface area is 175 Å². The highest BCUT2D eigenvalue weighted by atomic mass is 35.5. The highest BCUT2D eigenvalue weighted by Crippen LogP contribution is 2.30. The molecule has 6 nitrogen and oxygen atoms in total. The summed E-state index contributed by atoms with van der Waals surface area (Å²) in [5.41, 5.74) is 0.758. The number of hydrogen-bond donors (Lipinski definition) is 0. The zero-order valence-corrected chi connectivity index (χ0v) is 16.7. The lowest BCUT2D eigenvalue weighted by molar-refractivity contribution is 0.566. The van der Waals surface area contributed by atoms with Crippen LogP contribution in [0.1, 0.15) is 18.4 Å². The number of benzene rings is 2. The molecule has 0 amide bonds. The standard InChI is InChI=1S/C22H18ClFN4O2/c23-18-7-2-1-4-15(18)12-26-13-25-20-19(26)21(29)27(11-14-8-9-14)22(30)28(20)17-6-3-5-16(24)10-17/h1-7,10,13-14H,8-9,11-12H2. The first-order valence-corrected chi connectivity index (χ1v) is 10.1. The normalized spacial score (nSPS) is 13.8. The van der Waals surface area contributed by atoms with E-state index in [1.165, 1.54) is 33.7 Å². The fourth-order valence-corrected chi connectivity index (χ4v) is 3.87. The van der Waals surface area contributed by atoms with E-state index in [-0.39, 0.29) is 11.2 Å². The third kappa shape index (κ3) is 3.25. The molecule has 4 aromatic rings. The molecule has 8 heteroatoms. The zero-order valence-electron chi connectivity index (χ0n) is 16.0. The van der Waals surface area contributed by atoms with E-state index in [0.717, 1.165) is 18.4 Å². The molecule has 0 spiro atoms. The first-order valence-electron chi connectivity index (χ1n) is 9.73. The second-order valence-corrected chi connectivity index (χ2v) is 8.00. The van der Waals surface area contributed by atoms with E-state index in [1.807, 2.05) is 18.2 Å². The summed E-state index contributed by atoms with van der Waals surface area (Å²) < 4.78 is 18.1. The van der Waals surface area contributed by atoms with Gasteiger partial charge in [0.2, 0.25) is 0 Å². The Kier molecular flexibility index (Phi) is 4.55. The van der Waals surface area contributed by atoms with Crippen molar-refractivity contribution in [1.29, 1.82) is 0 Å². The maximum Gasteiger partial charge on any atom is 0.337 e. The van der Waals surface area contributed by atoms with Gasteiger partial charge in [-0.1, -0.05) is 35.9 Å². The molecule has 0 aliphatic heterocycles. The van der Waals surface area contributed by atoms with Gasteiger partial charge in [-0.05, 0) is 48.6 Å². The van der Waals surface area contributed by atoms with Gasteiger partial charge in [0.25, 0.3) is 5.56 Å². The number of hydrogen-bond acceptors (Lipinski definition) is 3. The van der Waals surface area contributed by atoms with Gasteiger partial charge < -0.3 is 4.57 Å². The average molecular weight is 425 g/mol. The monoisotopic (exact) mass is 424 g/mol. The van der Waals surface area contributed by atoms with Gasteiger partial charge in [-0.2, -0.15) is 0 Å². The molecule has 0 saturated heterocycles. The number of nitrogens with zero attached hydrogens (tertiary/aromatic N) is 4. The summed E-state index contributed by atoms with van der Waals surface area (Å²) in [7, 11) is 0. The minimum Gasteiger partial charge on any atom is -0.320 e. The SMILES string of the molecule is O=c1c2c(ncn2Cc2ccccc2Cl)n(-c2cccc(F)c2)c(=O)n1CC1CC1. The van der Waals surface area contributed by atoms with E-state index in [9.17, 15) is 14.0 Å². The van der Waals surface area contributed by atoms with Gasteiger partial charge in [0.15, 0.2) is 11.2 Å². The lowest BCUT2D eigenvalue weighted by Gasteiger charge is -2.13. The molecule has 30 heavy (non-hydrogen) atoms. The van der Waals surface area contributed by atoms with Crippen LogP contribution in [0.5, 0.6) is 0 Å². The van der Waals surface area contributed by atoms with Gasteiger partial charge in [0.05, 0.1) is 18.6 Å². The fraction of sp³-hybridized carbons (Fsp3) is 0.227. The number of halogens is 2. The van der Waals surface area contributed by atoms with Gasteiger partial charge in [-0.25, -0.2) is 18.7 Å². The molecule has 0 radical (unpaired) electrons. The Hall–Kier alpha value is -3.19. The van der Waals surface area contributed by atoms with Crippen LogP contribution in [-0.4, -0.2) is 18.7 Å². The Morgan fingerprint density at radius 3 is 2.63 bits per heavy atom. The highest BCUT2D eigenvalue weighted by molar-refractivity contribution is 6.31. The van der Waals surface area contributed by atoms with E-state index < -0.39 is 11.5 Å². The Bertz CT molecular complexity index is 1380. The average Bonchev–Trinajstić information content (AvgIpc) is 3.46. The van der Waals surface area contributed by atoms with Crippen molar-refractivity contribution >= 4 is 22.8 Å². The van der Waals surface area contributed by atoms with Crippen LogP contribution in [0.25, 0.3) is 16.9 Å². The van der Waals surface area contributed by atoms with Crippen LogP contribution < -0.4 is 11.2 Å². The molecule has 1 fully saturated rings. The van der Waals surface area contributed by atoms with E-state index in [2.05, 4.69) is 4.98 Å². The summed E-state index contributed by atoms with van der Waals surface area (Å²) >= 11 is 6.30. The van der Waals surface area contributed by atoms with Crippen molar-refractivity contribution in [2.24, 2.45) is 5.92 Å². The number of fused-ring (bicyclic) bond motifs is 1. The van der Waals surface area contributed by atoms with Crippen molar-refractivity contribution in [2.45, 2.75) is 25.9 Å². The number of imidazole rings is 1. The lowest BCUT2D eigenvalue weighted by Crippen LogP contribution is -2.40. The van der Waals surface area contributed by atoms with Gasteiger partial charge in [-0.15, -0.1) is 0 Å². The highest BCUT2D eigenvalue weighted by Gasteiger charge is 2.26. The molecule has 2 aromatic carbocycles. The van der Waals surface area contributed by atoms with Crippen LogP contribution in [0.15, 0.2) is 64.4 Å². The Balaban J connectivity index is 1.77. The quantitative estimate of drug-likeness (QED) is 0.492. The molecule has 5 rings (SSSR count). The van der Waals surface area contributed by atoms with Gasteiger partial charge in [0, 0.05) is 11.6 Å². The molecule has 1 aliphatic carbocycles. The van der Waals surface area contributed by atoms with Crippen LogP contribution in [-0.2, 0) is 13.1 Å². The third-order valence-corrected chi connectivity index (χ3v) is 5.77. The second kappa shape index (κ2) is 7.25. The minimum atomic E-state index is -0.506. The summed E-state index contributed by atoms with van der Waals surface area (Å²) in [6.45, 7) is 0.677. The minimum absolute atomic E-state index is 0.203. The summed E-state index contributed by atoms with van der Waals surface area (Å²) in [6.07, 6.45) is 3.50. The Morgan fingerprint density at radius 2 is 1.90 bits per heavy atom. The van der Waals surface area contributed by atoms with Crippen LogP contribution in [0, 0.1) is 11.7 Å². The topological polar surface area (TPSA) is 61.8 Å². The summed E-state index contributed by atoms with van der Waals surface area (Å²) in [4.78, 5) is 30.9. The fourth-order valence-electron chi connectivity index (χ4n) is 3.68. The Morgan fingerprint density at radius 1 is 1.10 bits per heavy atom. The van der Waals surface area contributed by atoms with E-state index in [1.54, 1.807) is 16.7 Å². The van der Waals surface area contributed by atoms with Crippen LogP contribution in [0.2, 0.25) is 5.02 Å². The van der Waals surface area contributed by atoms with Gasteiger partial charge in [0.1, 0.15) is 5.82 Å². The van der Waals surface area contributed by atoms with Crippen LogP contribution in [0.4, 0.5) is 4.39 Å².